The van der Waals surface area contributed by atoms with E-state index in [2.05, 4.69) is 25.6 Å². The Hall–Kier alpha value is -4.41. The number of piperidine rings is 1. The van der Waals surface area contributed by atoms with Crippen LogP contribution in [0.3, 0.4) is 0 Å². The number of fused-ring (bicyclic) bond motifs is 1. The van der Waals surface area contributed by atoms with Crippen molar-refractivity contribution in [2.24, 2.45) is 4.99 Å². The number of hydrogen-bond acceptors (Lipinski definition) is 5. The lowest BCUT2D eigenvalue weighted by Gasteiger charge is -2.26. The first kappa shape index (κ1) is 23.3. The van der Waals surface area contributed by atoms with Gasteiger partial charge in [-0.15, -0.1) is 0 Å². The van der Waals surface area contributed by atoms with E-state index in [9.17, 15) is 22.8 Å². The fourth-order valence-electron chi connectivity index (χ4n) is 4.28. The van der Waals surface area contributed by atoms with Crippen LogP contribution in [0.25, 0.3) is 0 Å². The molecule has 2 aliphatic rings. The van der Waals surface area contributed by atoms with Gasteiger partial charge in [0.1, 0.15) is 24.0 Å². The Morgan fingerprint density at radius 1 is 1.19 bits per heavy atom. The lowest BCUT2D eigenvalue weighted by molar-refractivity contribution is -0.138. The Morgan fingerprint density at radius 3 is 2.81 bits per heavy atom. The number of aromatic nitrogens is 2. The van der Waals surface area contributed by atoms with Crippen LogP contribution >= 0.6 is 0 Å². The Balaban J connectivity index is 1.48. The van der Waals surface area contributed by atoms with Crippen LogP contribution in [0, 0.1) is 0 Å². The van der Waals surface area contributed by atoms with Crippen molar-refractivity contribution in [3.05, 3.63) is 88.9 Å². The van der Waals surface area contributed by atoms with Gasteiger partial charge in [0.15, 0.2) is 0 Å². The monoisotopic (exact) mass is 495 g/mol. The minimum atomic E-state index is -4.54. The SMILES string of the molecule is O=C1CC(c2ccc(OCc3ccccc3C(F)(F)F)c(C(=O)Nc3cnc[nH]3)c2)C2=CCN=C2N1. The number of halogens is 3. The standard InChI is InChI=1S/C25H20F3N5O3/c26-25(27,28)19-4-2-1-3-15(19)12-36-20-6-5-14(9-18(20)24(35)32-21-11-29-13-31-21)17-10-22(34)33-23-16(17)7-8-30-23/h1-7,9,11,13,17H,8,10,12H2,(H,29,31)(H,32,35)(H,30,33,34). The molecule has 0 aliphatic carbocycles. The van der Waals surface area contributed by atoms with Gasteiger partial charge in [0.05, 0.1) is 30.2 Å². The largest absolute Gasteiger partial charge is 0.488 e. The summed E-state index contributed by atoms with van der Waals surface area (Å²) < 4.78 is 46.0. The van der Waals surface area contributed by atoms with Crippen molar-refractivity contribution in [3.8, 4) is 5.75 Å². The molecule has 2 aromatic carbocycles. The maximum Gasteiger partial charge on any atom is 0.416 e. The van der Waals surface area contributed by atoms with Gasteiger partial charge in [0.25, 0.3) is 5.91 Å². The zero-order valence-corrected chi connectivity index (χ0v) is 18.7. The van der Waals surface area contributed by atoms with Crippen LogP contribution < -0.4 is 15.4 Å². The first-order chi connectivity index (χ1) is 17.3. The number of aromatic amines is 1. The molecule has 3 aromatic rings. The number of amides is 2. The van der Waals surface area contributed by atoms with Crippen molar-refractivity contribution < 1.29 is 27.5 Å². The number of amidine groups is 1. The van der Waals surface area contributed by atoms with E-state index in [1.807, 2.05) is 6.08 Å². The average molecular weight is 495 g/mol. The number of carbonyl (C=O) groups excluding carboxylic acids is 2. The maximum atomic E-state index is 13.4. The van der Waals surface area contributed by atoms with Gasteiger partial charge in [0, 0.05) is 23.5 Å². The summed E-state index contributed by atoms with van der Waals surface area (Å²) in [4.78, 5) is 36.3. The number of hydrogen-bond donors (Lipinski definition) is 3. The van der Waals surface area contributed by atoms with Crippen LogP contribution in [0.2, 0.25) is 0 Å². The maximum absolute atomic E-state index is 13.4. The third-order valence-corrected chi connectivity index (χ3v) is 5.96. The van der Waals surface area contributed by atoms with Gasteiger partial charge in [-0.2, -0.15) is 13.2 Å². The topological polar surface area (TPSA) is 108 Å². The highest BCUT2D eigenvalue weighted by atomic mass is 19.4. The first-order valence-electron chi connectivity index (χ1n) is 11.1. The lowest BCUT2D eigenvalue weighted by Crippen LogP contribution is -2.39. The van der Waals surface area contributed by atoms with Gasteiger partial charge in [-0.3, -0.25) is 14.6 Å². The summed E-state index contributed by atoms with van der Waals surface area (Å²) in [6.45, 7) is 0.0571. The molecule has 36 heavy (non-hydrogen) atoms. The highest BCUT2D eigenvalue weighted by Crippen LogP contribution is 2.36. The fourth-order valence-corrected chi connectivity index (χ4v) is 4.28. The molecular weight excluding hydrogens is 475 g/mol. The molecule has 0 bridgehead atoms. The molecule has 0 spiro atoms. The third kappa shape index (κ3) is 4.72. The molecule has 1 atom stereocenters. The second-order valence-electron chi connectivity index (χ2n) is 8.27. The summed E-state index contributed by atoms with van der Waals surface area (Å²) >= 11 is 0. The molecule has 0 saturated carbocycles. The molecule has 3 N–H and O–H groups in total. The van der Waals surface area contributed by atoms with Crippen molar-refractivity contribution in [1.29, 1.82) is 0 Å². The fraction of sp³-hybridized carbons (Fsp3) is 0.200. The van der Waals surface area contributed by atoms with Crippen LogP contribution in [0.4, 0.5) is 19.0 Å². The molecule has 1 saturated heterocycles. The van der Waals surface area contributed by atoms with E-state index >= 15 is 0 Å². The molecule has 3 heterocycles. The van der Waals surface area contributed by atoms with E-state index in [-0.39, 0.29) is 35.1 Å². The number of nitrogens with zero attached hydrogens (tertiary/aromatic N) is 2. The van der Waals surface area contributed by atoms with Crippen molar-refractivity contribution >= 4 is 23.5 Å². The number of imidazole rings is 1. The lowest BCUT2D eigenvalue weighted by atomic mass is 9.84. The Bertz CT molecular complexity index is 1380. The van der Waals surface area contributed by atoms with Crippen LogP contribution in [-0.4, -0.2) is 34.2 Å². The molecular formula is C25H20F3N5O3. The van der Waals surface area contributed by atoms with Crippen molar-refractivity contribution in [2.45, 2.75) is 25.1 Å². The minimum Gasteiger partial charge on any atom is -0.488 e. The van der Waals surface area contributed by atoms with Crippen molar-refractivity contribution in [1.82, 2.24) is 15.3 Å². The zero-order valence-electron chi connectivity index (χ0n) is 18.7. The van der Waals surface area contributed by atoms with Gasteiger partial charge in [0.2, 0.25) is 5.91 Å². The average Bonchev–Trinajstić information content (AvgIpc) is 3.54. The van der Waals surface area contributed by atoms with Crippen LogP contribution in [-0.2, 0) is 17.6 Å². The summed E-state index contributed by atoms with van der Waals surface area (Å²) in [5.74, 6) is -0.103. The summed E-state index contributed by atoms with van der Waals surface area (Å²) in [5, 5.41) is 5.41. The van der Waals surface area contributed by atoms with E-state index in [1.165, 1.54) is 36.8 Å². The zero-order chi connectivity index (χ0) is 25.3. The summed E-state index contributed by atoms with van der Waals surface area (Å²) in [6.07, 6.45) is 0.360. The van der Waals surface area contributed by atoms with Crippen LogP contribution in [0.5, 0.6) is 5.75 Å². The Morgan fingerprint density at radius 2 is 2.03 bits per heavy atom. The molecule has 2 amide bonds. The molecule has 11 heteroatoms. The predicted molar refractivity (Wildman–Crippen MR) is 125 cm³/mol. The van der Waals surface area contributed by atoms with E-state index in [0.29, 0.717) is 23.8 Å². The number of H-pyrrole nitrogens is 1. The molecule has 184 valence electrons. The predicted octanol–water partition coefficient (Wildman–Crippen LogP) is 4.20. The van der Waals surface area contributed by atoms with Gasteiger partial charge < -0.3 is 20.4 Å². The smallest absolute Gasteiger partial charge is 0.416 e. The van der Waals surface area contributed by atoms with E-state index in [1.54, 1.807) is 12.1 Å². The van der Waals surface area contributed by atoms with Crippen LogP contribution in [0.1, 0.15) is 39.4 Å². The Kier molecular flexibility index (Phi) is 6.05. The second-order valence-corrected chi connectivity index (χ2v) is 8.27. The molecule has 0 radical (unpaired) electrons. The first-order valence-corrected chi connectivity index (χ1v) is 11.1. The Labute approximate surface area is 203 Å². The number of rotatable bonds is 6. The highest BCUT2D eigenvalue weighted by Gasteiger charge is 2.34. The van der Waals surface area contributed by atoms with Crippen molar-refractivity contribution in [3.63, 3.8) is 0 Å². The number of carbonyl (C=O) groups is 2. The number of alkyl halides is 3. The number of anilines is 1. The second kappa shape index (κ2) is 9.33. The van der Waals surface area contributed by atoms with Crippen LogP contribution in [0.15, 0.2) is 71.6 Å². The molecule has 5 rings (SSSR count). The molecule has 1 unspecified atom stereocenters. The van der Waals surface area contributed by atoms with Gasteiger partial charge in [-0.1, -0.05) is 30.3 Å². The third-order valence-electron chi connectivity index (χ3n) is 5.96. The molecule has 1 aromatic heterocycles. The van der Waals surface area contributed by atoms with Gasteiger partial charge in [-0.05, 0) is 23.8 Å². The summed E-state index contributed by atoms with van der Waals surface area (Å²) in [5.41, 5.74) is 0.786. The quantitative estimate of drug-likeness (QED) is 0.476. The van der Waals surface area contributed by atoms with E-state index in [4.69, 9.17) is 4.74 Å². The van der Waals surface area contributed by atoms with Gasteiger partial charge >= 0.3 is 6.18 Å². The normalized spacial score (nSPS) is 17.1. The molecule has 2 aliphatic heterocycles. The number of ether oxygens (including phenoxy) is 1. The van der Waals surface area contributed by atoms with Gasteiger partial charge in [-0.25, -0.2) is 4.98 Å². The number of nitrogens with one attached hydrogen (secondary N) is 3. The molecule has 8 nitrogen and oxygen atoms in total. The van der Waals surface area contributed by atoms with E-state index in [0.717, 1.165) is 11.6 Å². The molecule has 1 fully saturated rings. The number of aliphatic imine (C=N–C) groups is 1. The summed E-state index contributed by atoms with van der Waals surface area (Å²) in [7, 11) is 0. The van der Waals surface area contributed by atoms with E-state index < -0.39 is 24.3 Å². The summed E-state index contributed by atoms with van der Waals surface area (Å²) in [6, 6.07) is 9.94. The number of benzene rings is 2. The minimum absolute atomic E-state index is 0.0603. The highest BCUT2D eigenvalue weighted by molar-refractivity contribution is 6.13. The van der Waals surface area contributed by atoms with Crippen molar-refractivity contribution in [2.75, 3.05) is 11.9 Å².